The van der Waals surface area contributed by atoms with Crippen LogP contribution in [0.4, 0.5) is 4.79 Å². The van der Waals surface area contributed by atoms with Gasteiger partial charge in [0.1, 0.15) is 6.04 Å². The zero-order valence-corrected chi connectivity index (χ0v) is 12.0. The lowest BCUT2D eigenvalue weighted by atomic mass is 10.1. The molecule has 1 unspecified atom stereocenters. The van der Waals surface area contributed by atoms with Crippen LogP contribution >= 0.6 is 0 Å². The molecule has 7 nitrogen and oxygen atoms in total. The van der Waals surface area contributed by atoms with Crippen LogP contribution in [0.5, 0.6) is 0 Å². The Labute approximate surface area is 123 Å². The van der Waals surface area contributed by atoms with E-state index in [0.717, 1.165) is 25.7 Å². The Kier molecular flexibility index (Phi) is 5.59. The first kappa shape index (κ1) is 15.3. The summed E-state index contributed by atoms with van der Waals surface area (Å²) in [4.78, 5) is 32.0. The third kappa shape index (κ3) is 4.77. The first-order valence-corrected chi connectivity index (χ1v) is 7.42. The van der Waals surface area contributed by atoms with Gasteiger partial charge in [0, 0.05) is 31.4 Å². The van der Waals surface area contributed by atoms with Crippen molar-refractivity contribution < 1.29 is 14.7 Å². The first-order chi connectivity index (χ1) is 10.2. The van der Waals surface area contributed by atoms with Crippen LogP contribution in [0.15, 0.2) is 12.5 Å². The van der Waals surface area contributed by atoms with E-state index >= 15 is 0 Å². The van der Waals surface area contributed by atoms with Crippen LogP contribution in [0.3, 0.4) is 0 Å². The molecule has 0 aliphatic carbocycles. The van der Waals surface area contributed by atoms with Crippen molar-refractivity contribution in [3.63, 3.8) is 0 Å². The smallest absolute Gasteiger partial charge is 0.326 e. The van der Waals surface area contributed by atoms with E-state index in [9.17, 15) is 14.7 Å². The summed E-state index contributed by atoms with van der Waals surface area (Å²) in [5.74, 6) is -1.04. The maximum absolute atomic E-state index is 12.2. The van der Waals surface area contributed by atoms with Gasteiger partial charge in [0.15, 0.2) is 0 Å². The fraction of sp³-hybridized carbons (Fsp3) is 0.643. The van der Waals surface area contributed by atoms with E-state index < -0.39 is 12.0 Å². The Balaban J connectivity index is 1.91. The van der Waals surface area contributed by atoms with Crippen molar-refractivity contribution in [2.45, 2.75) is 44.6 Å². The largest absolute Gasteiger partial charge is 0.480 e. The molecular formula is C14H22N4O3. The van der Waals surface area contributed by atoms with E-state index in [0.29, 0.717) is 18.8 Å². The zero-order chi connectivity index (χ0) is 15.1. The molecule has 1 aliphatic rings. The Morgan fingerprint density at radius 2 is 1.95 bits per heavy atom. The highest BCUT2D eigenvalue weighted by Gasteiger charge is 2.24. The van der Waals surface area contributed by atoms with Gasteiger partial charge in [-0.3, -0.25) is 0 Å². The fourth-order valence-electron chi connectivity index (χ4n) is 2.51. The van der Waals surface area contributed by atoms with Gasteiger partial charge in [-0.2, -0.15) is 0 Å². The van der Waals surface area contributed by atoms with Crippen LogP contribution in [0.1, 0.15) is 37.8 Å². The third-order valence-electron chi connectivity index (χ3n) is 3.72. The summed E-state index contributed by atoms with van der Waals surface area (Å²) in [6.45, 7) is 1.39. The SMILES string of the molecule is O=C(O)C(Cc1cnc[nH]1)NC(=O)N1CCCCCCC1. The van der Waals surface area contributed by atoms with E-state index in [2.05, 4.69) is 15.3 Å². The van der Waals surface area contributed by atoms with Crippen LogP contribution in [0, 0.1) is 0 Å². The average molecular weight is 294 g/mol. The maximum Gasteiger partial charge on any atom is 0.326 e. The van der Waals surface area contributed by atoms with Crippen LogP contribution in [-0.2, 0) is 11.2 Å². The third-order valence-corrected chi connectivity index (χ3v) is 3.72. The molecule has 1 fully saturated rings. The van der Waals surface area contributed by atoms with E-state index in [1.165, 1.54) is 12.7 Å². The highest BCUT2D eigenvalue weighted by Crippen LogP contribution is 2.11. The number of hydrogen-bond donors (Lipinski definition) is 3. The Bertz CT molecular complexity index is 453. The second-order valence-corrected chi connectivity index (χ2v) is 5.38. The van der Waals surface area contributed by atoms with Crippen molar-refractivity contribution in [3.05, 3.63) is 18.2 Å². The normalized spacial score (nSPS) is 17.6. The number of amides is 2. The quantitative estimate of drug-likeness (QED) is 0.781. The molecule has 2 rings (SSSR count). The minimum Gasteiger partial charge on any atom is -0.480 e. The topological polar surface area (TPSA) is 98.3 Å². The number of carbonyl (C=O) groups excluding carboxylic acids is 1. The summed E-state index contributed by atoms with van der Waals surface area (Å²) < 4.78 is 0. The second kappa shape index (κ2) is 7.66. The minimum absolute atomic E-state index is 0.203. The van der Waals surface area contributed by atoms with Gasteiger partial charge >= 0.3 is 12.0 Å². The molecule has 7 heteroatoms. The summed E-state index contributed by atoms with van der Waals surface area (Å²) in [6, 6.07) is -1.23. The number of rotatable bonds is 4. The van der Waals surface area contributed by atoms with Crippen molar-refractivity contribution >= 4 is 12.0 Å². The summed E-state index contributed by atoms with van der Waals surface area (Å²) in [5, 5.41) is 11.9. The zero-order valence-electron chi connectivity index (χ0n) is 12.0. The summed E-state index contributed by atoms with van der Waals surface area (Å²) in [7, 11) is 0. The number of imidazole rings is 1. The Morgan fingerprint density at radius 1 is 1.29 bits per heavy atom. The molecule has 1 aromatic rings. The van der Waals surface area contributed by atoms with Crippen molar-refractivity contribution in [3.8, 4) is 0 Å². The number of carbonyl (C=O) groups is 2. The number of nitrogens with one attached hydrogen (secondary N) is 2. The monoisotopic (exact) mass is 294 g/mol. The molecule has 0 saturated carbocycles. The molecule has 0 radical (unpaired) electrons. The predicted molar refractivity (Wildman–Crippen MR) is 76.9 cm³/mol. The number of hydrogen-bond acceptors (Lipinski definition) is 3. The number of aromatic nitrogens is 2. The number of carboxylic acids is 1. The minimum atomic E-state index is -1.04. The van der Waals surface area contributed by atoms with Crippen molar-refractivity contribution in [2.75, 3.05) is 13.1 Å². The van der Waals surface area contributed by atoms with Gasteiger partial charge in [0.25, 0.3) is 0 Å². The molecule has 0 bridgehead atoms. The van der Waals surface area contributed by atoms with Gasteiger partial charge in [-0.25, -0.2) is 14.6 Å². The van der Waals surface area contributed by atoms with E-state index in [1.54, 1.807) is 11.1 Å². The van der Waals surface area contributed by atoms with Gasteiger partial charge in [0.2, 0.25) is 0 Å². The van der Waals surface area contributed by atoms with Gasteiger partial charge in [-0.1, -0.05) is 19.3 Å². The number of likely N-dealkylation sites (tertiary alicyclic amines) is 1. The van der Waals surface area contributed by atoms with Gasteiger partial charge in [-0.05, 0) is 12.8 Å². The Hall–Kier alpha value is -2.05. The number of H-pyrrole nitrogens is 1. The number of aliphatic carboxylic acids is 1. The van der Waals surface area contributed by atoms with Crippen LogP contribution in [0.2, 0.25) is 0 Å². The van der Waals surface area contributed by atoms with Gasteiger partial charge in [0.05, 0.1) is 6.33 Å². The molecule has 1 atom stereocenters. The second-order valence-electron chi connectivity index (χ2n) is 5.38. The molecule has 2 amide bonds. The van der Waals surface area contributed by atoms with E-state index in [4.69, 9.17) is 0 Å². The van der Waals surface area contributed by atoms with Crippen molar-refractivity contribution in [1.29, 1.82) is 0 Å². The maximum atomic E-state index is 12.2. The lowest BCUT2D eigenvalue weighted by Crippen LogP contribution is -2.49. The average Bonchev–Trinajstić information content (AvgIpc) is 2.90. The Morgan fingerprint density at radius 3 is 2.52 bits per heavy atom. The molecule has 21 heavy (non-hydrogen) atoms. The lowest BCUT2D eigenvalue weighted by molar-refractivity contribution is -0.139. The van der Waals surface area contributed by atoms with Gasteiger partial charge in [-0.15, -0.1) is 0 Å². The predicted octanol–water partition coefficient (Wildman–Crippen LogP) is 1.38. The fourth-order valence-corrected chi connectivity index (χ4v) is 2.51. The van der Waals surface area contributed by atoms with Crippen LogP contribution in [0.25, 0.3) is 0 Å². The van der Waals surface area contributed by atoms with Crippen LogP contribution in [-0.4, -0.2) is 51.1 Å². The number of carboxylic acid groups (broad SMARTS) is 1. The molecule has 1 aromatic heterocycles. The van der Waals surface area contributed by atoms with Gasteiger partial charge < -0.3 is 20.3 Å². The van der Waals surface area contributed by atoms with E-state index in [1.807, 2.05) is 0 Å². The molecule has 116 valence electrons. The molecule has 1 saturated heterocycles. The van der Waals surface area contributed by atoms with E-state index in [-0.39, 0.29) is 12.5 Å². The number of nitrogens with zero attached hydrogens (tertiary/aromatic N) is 2. The first-order valence-electron chi connectivity index (χ1n) is 7.42. The van der Waals surface area contributed by atoms with Crippen molar-refractivity contribution in [1.82, 2.24) is 20.2 Å². The molecular weight excluding hydrogens is 272 g/mol. The van der Waals surface area contributed by atoms with Crippen LogP contribution < -0.4 is 5.32 Å². The molecule has 0 aromatic carbocycles. The van der Waals surface area contributed by atoms with Crippen molar-refractivity contribution in [2.24, 2.45) is 0 Å². The highest BCUT2D eigenvalue weighted by atomic mass is 16.4. The molecule has 3 N–H and O–H groups in total. The highest BCUT2D eigenvalue weighted by molar-refractivity contribution is 5.82. The summed E-state index contributed by atoms with van der Waals surface area (Å²) >= 11 is 0. The molecule has 0 spiro atoms. The number of aromatic amines is 1. The number of urea groups is 1. The lowest BCUT2D eigenvalue weighted by Gasteiger charge is -2.26. The molecule has 1 aliphatic heterocycles. The summed E-state index contributed by atoms with van der Waals surface area (Å²) in [5.41, 5.74) is 0.690. The molecule has 2 heterocycles. The summed E-state index contributed by atoms with van der Waals surface area (Å²) in [6.07, 6.45) is 8.69. The standard InChI is InChI=1S/C14H22N4O3/c19-13(20)12(8-11-9-15-10-16-11)17-14(21)18-6-4-2-1-3-5-7-18/h9-10,12H,1-8H2,(H,15,16)(H,17,21)(H,19,20).